The summed E-state index contributed by atoms with van der Waals surface area (Å²) in [7, 11) is 3.48. The normalized spacial score (nSPS) is 11.2. The molecule has 1 aromatic heterocycles. The Labute approximate surface area is 184 Å². The number of hydroxylamine groups is 2. The van der Waals surface area contributed by atoms with Gasteiger partial charge in [0.1, 0.15) is 24.0 Å². The van der Waals surface area contributed by atoms with E-state index >= 15 is 0 Å². The number of benzene rings is 2. The smallest absolute Gasteiger partial charge is 0.151 e. The topological polar surface area (TPSA) is 43.8 Å². The molecule has 0 amide bonds. The van der Waals surface area contributed by atoms with Crippen molar-refractivity contribution in [2.24, 2.45) is 0 Å². The van der Waals surface area contributed by atoms with Crippen LogP contribution in [0.1, 0.15) is 5.69 Å². The van der Waals surface area contributed by atoms with E-state index in [1.165, 1.54) is 11.8 Å². The Morgan fingerprint density at radius 2 is 1.83 bits per heavy atom. The number of nitrogens with zero attached hydrogens (tertiary/aromatic N) is 2. The van der Waals surface area contributed by atoms with Crippen molar-refractivity contribution in [2.45, 2.75) is 11.6 Å². The molecular formula is C21H22Cl2N2O3S. The molecule has 5 nitrogen and oxygen atoms in total. The third-order valence-electron chi connectivity index (χ3n) is 4.34. The van der Waals surface area contributed by atoms with Crippen LogP contribution in [0.5, 0.6) is 11.5 Å². The molecule has 0 N–H and O–H groups in total. The van der Waals surface area contributed by atoms with Gasteiger partial charge in [0.15, 0.2) is 5.75 Å². The molecule has 0 aliphatic rings. The number of hydrogen-bond donors (Lipinski definition) is 0. The molecule has 0 unspecified atom stereocenters. The van der Waals surface area contributed by atoms with Crippen LogP contribution in [-0.2, 0) is 11.4 Å². The number of halogens is 2. The van der Waals surface area contributed by atoms with Gasteiger partial charge in [-0.2, -0.15) is 5.06 Å². The lowest BCUT2D eigenvalue weighted by Gasteiger charge is -2.15. The third-order valence-corrected chi connectivity index (χ3v) is 5.83. The average molecular weight is 453 g/mol. The van der Waals surface area contributed by atoms with Crippen LogP contribution in [0.2, 0.25) is 10.0 Å². The fraction of sp³-hybridized carbons (Fsp3) is 0.286. The number of aromatic nitrogens is 1. The van der Waals surface area contributed by atoms with Crippen LogP contribution in [0.3, 0.4) is 0 Å². The largest absolute Gasteiger partial charge is 0.489 e. The summed E-state index contributed by atoms with van der Waals surface area (Å²) in [5, 5.41) is 5.35. The van der Waals surface area contributed by atoms with Gasteiger partial charge in [0.25, 0.3) is 0 Å². The summed E-state index contributed by atoms with van der Waals surface area (Å²) in [4.78, 5) is 9.74. The van der Waals surface area contributed by atoms with E-state index in [1.54, 1.807) is 18.2 Å². The summed E-state index contributed by atoms with van der Waals surface area (Å²) in [6, 6.07) is 13.2. The van der Waals surface area contributed by atoms with Gasteiger partial charge in [-0.15, -0.1) is 11.8 Å². The summed E-state index contributed by atoms with van der Waals surface area (Å²) in [5.74, 6) is 1.48. The number of thioether (sulfide) groups is 1. The van der Waals surface area contributed by atoms with Gasteiger partial charge in [-0.05, 0) is 36.6 Å². The minimum atomic E-state index is 0.333. The lowest BCUT2D eigenvalue weighted by molar-refractivity contribution is -0.113. The molecule has 0 saturated carbocycles. The first kappa shape index (κ1) is 22.0. The van der Waals surface area contributed by atoms with Crippen molar-refractivity contribution in [1.82, 2.24) is 10.0 Å². The Hall–Kier alpha value is -1.70. The molecule has 0 atom stereocenters. The second kappa shape index (κ2) is 10.4. The molecule has 154 valence electrons. The molecule has 0 aliphatic carbocycles. The van der Waals surface area contributed by atoms with Crippen LogP contribution < -0.4 is 9.47 Å². The SMILES string of the molecule is CON(C)CCOc1ccc(COc2cccc3c(Cl)c(Cl)ccc23)nc1SC. The van der Waals surface area contributed by atoms with E-state index in [-0.39, 0.29) is 0 Å². The molecule has 0 fully saturated rings. The van der Waals surface area contributed by atoms with Crippen LogP contribution >= 0.6 is 35.0 Å². The van der Waals surface area contributed by atoms with E-state index in [0.717, 1.165) is 33.0 Å². The van der Waals surface area contributed by atoms with Crippen molar-refractivity contribution >= 4 is 45.7 Å². The lowest BCUT2D eigenvalue weighted by Crippen LogP contribution is -2.23. The molecule has 0 aliphatic heterocycles. The molecule has 3 rings (SSSR count). The number of fused-ring (bicyclic) bond motifs is 1. The zero-order valence-corrected chi connectivity index (χ0v) is 18.8. The first-order valence-electron chi connectivity index (χ1n) is 8.95. The molecule has 0 bridgehead atoms. The van der Waals surface area contributed by atoms with Crippen LogP contribution in [0.15, 0.2) is 47.5 Å². The summed E-state index contributed by atoms with van der Waals surface area (Å²) in [6.45, 7) is 1.50. The maximum Gasteiger partial charge on any atom is 0.151 e. The highest BCUT2D eigenvalue weighted by molar-refractivity contribution is 7.98. The Morgan fingerprint density at radius 1 is 1.00 bits per heavy atom. The first-order valence-corrected chi connectivity index (χ1v) is 10.9. The highest BCUT2D eigenvalue weighted by atomic mass is 35.5. The maximum absolute atomic E-state index is 6.32. The van der Waals surface area contributed by atoms with Gasteiger partial charge < -0.3 is 14.3 Å². The minimum Gasteiger partial charge on any atom is -0.489 e. The van der Waals surface area contributed by atoms with Crippen LogP contribution in [-0.4, -0.2) is 43.6 Å². The van der Waals surface area contributed by atoms with Crippen LogP contribution in [0.25, 0.3) is 10.8 Å². The Kier molecular flexibility index (Phi) is 7.86. The summed E-state index contributed by atoms with van der Waals surface area (Å²) < 4.78 is 11.9. The zero-order chi connectivity index (χ0) is 20.8. The Morgan fingerprint density at radius 3 is 2.59 bits per heavy atom. The van der Waals surface area contributed by atoms with E-state index in [2.05, 4.69) is 4.98 Å². The summed E-state index contributed by atoms with van der Waals surface area (Å²) in [6.07, 6.45) is 1.97. The van der Waals surface area contributed by atoms with E-state index in [9.17, 15) is 0 Å². The average Bonchev–Trinajstić information content (AvgIpc) is 2.75. The number of hydrogen-bond acceptors (Lipinski definition) is 6. The Balaban J connectivity index is 1.71. The van der Waals surface area contributed by atoms with Gasteiger partial charge in [-0.3, -0.25) is 0 Å². The van der Waals surface area contributed by atoms with E-state index in [4.69, 9.17) is 37.5 Å². The van der Waals surface area contributed by atoms with E-state index in [0.29, 0.717) is 29.8 Å². The van der Waals surface area contributed by atoms with Crippen molar-refractivity contribution < 1.29 is 14.3 Å². The lowest BCUT2D eigenvalue weighted by atomic mass is 10.1. The third kappa shape index (κ3) is 5.47. The number of likely N-dealkylation sites (N-methyl/N-ethyl adjacent to an activating group) is 1. The molecule has 0 saturated heterocycles. The molecule has 8 heteroatoms. The predicted octanol–water partition coefficient (Wildman–Crippen LogP) is 5.71. The van der Waals surface area contributed by atoms with Crippen molar-refractivity contribution in [3.63, 3.8) is 0 Å². The van der Waals surface area contributed by atoms with Gasteiger partial charge in [0.05, 0.1) is 29.4 Å². The molecule has 29 heavy (non-hydrogen) atoms. The van der Waals surface area contributed by atoms with Crippen molar-refractivity contribution in [2.75, 3.05) is 33.6 Å². The van der Waals surface area contributed by atoms with Crippen LogP contribution in [0.4, 0.5) is 0 Å². The highest BCUT2D eigenvalue weighted by Crippen LogP contribution is 2.35. The molecule has 0 radical (unpaired) electrons. The number of ether oxygens (including phenoxy) is 2. The van der Waals surface area contributed by atoms with Crippen LogP contribution in [0, 0.1) is 0 Å². The first-order chi connectivity index (χ1) is 14.0. The minimum absolute atomic E-state index is 0.333. The van der Waals surface area contributed by atoms with E-state index in [1.807, 2.05) is 49.7 Å². The van der Waals surface area contributed by atoms with Crippen molar-refractivity contribution in [3.05, 3.63) is 58.2 Å². The highest BCUT2D eigenvalue weighted by Gasteiger charge is 2.11. The summed E-state index contributed by atoms with van der Waals surface area (Å²) >= 11 is 14.0. The standard InChI is InChI=1S/C21H22Cl2N2O3S/c1-25(26-2)11-12-27-19-10-7-14(24-21(19)29-3)13-28-18-6-4-5-16-15(18)8-9-17(22)20(16)23/h4-10H,11-13H2,1-3H3. The molecule has 2 aromatic carbocycles. The summed E-state index contributed by atoms with van der Waals surface area (Å²) in [5.41, 5.74) is 0.813. The molecule has 0 spiro atoms. The van der Waals surface area contributed by atoms with Gasteiger partial charge in [-0.25, -0.2) is 4.98 Å². The zero-order valence-electron chi connectivity index (χ0n) is 16.4. The Bertz CT molecular complexity index is 988. The second-order valence-corrected chi connectivity index (χ2v) is 7.77. The van der Waals surface area contributed by atoms with Gasteiger partial charge in [-0.1, -0.05) is 35.3 Å². The van der Waals surface area contributed by atoms with Gasteiger partial charge >= 0.3 is 0 Å². The maximum atomic E-state index is 6.32. The second-order valence-electron chi connectivity index (χ2n) is 6.19. The van der Waals surface area contributed by atoms with Gasteiger partial charge in [0.2, 0.25) is 0 Å². The van der Waals surface area contributed by atoms with Crippen molar-refractivity contribution in [1.29, 1.82) is 0 Å². The molecule has 3 aromatic rings. The molecule has 1 heterocycles. The quantitative estimate of drug-likeness (QED) is 0.305. The predicted molar refractivity (Wildman–Crippen MR) is 119 cm³/mol. The fourth-order valence-corrected chi connectivity index (χ4v) is 3.65. The molecular weight excluding hydrogens is 431 g/mol. The monoisotopic (exact) mass is 452 g/mol. The fourth-order valence-electron chi connectivity index (χ4n) is 2.72. The van der Waals surface area contributed by atoms with E-state index < -0.39 is 0 Å². The number of pyridine rings is 1. The van der Waals surface area contributed by atoms with Crippen molar-refractivity contribution in [3.8, 4) is 11.5 Å². The number of rotatable bonds is 9. The van der Waals surface area contributed by atoms with Gasteiger partial charge in [0, 0.05) is 17.8 Å².